The topological polar surface area (TPSA) is 64.9 Å². The minimum absolute atomic E-state index is 0.132. The number of nitrogen functional groups attached to an aromatic ring is 1. The second-order valence-corrected chi connectivity index (χ2v) is 5.24. The largest absolute Gasteiger partial charge is 0.420 e. The fourth-order valence-electron chi connectivity index (χ4n) is 1.56. The number of aryl methyl sites for hydroxylation is 1. The van der Waals surface area contributed by atoms with Crippen molar-refractivity contribution in [3.8, 4) is 11.5 Å². The van der Waals surface area contributed by atoms with E-state index in [-0.39, 0.29) is 5.41 Å². The van der Waals surface area contributed by atoms with Gasteiger partial charge in [-0.1, -0.05) is 20.8 Å². The molecule has 0 fully saturated rings. The third kappa shape index (κ3) is 2.30. The Bertz CT molecular complexity index is 538. The highest BCUT2D eigenvalue weighted by Gasteiger charge is 2.22. The second-order valence-electron chi connectivity index (χ2n) is 5.24. The van der Waals surface area contributed by atoms with Crippen LogP contribution in [0.25, 0.3) is 11.5 Å². The molecule has 0 saturated heterocycles. The minimum atomic E-state index is -0.132. The second kappa shape index (κ2) is 3.87. The van der Waals surface area contributed by atoms with Gasteiger partial charge >= 0.3 is 0 Å². The van der Waals surface area contributed by atoms with Gasteiger partial charge in [0, 0.05) is 16.7 Å². The summed E-state index contributed by atoms with van der Waals surface area (Å²) in [5.74, 6) is 1.19. The fraction of sp³-hybridized carbons (Fsp3) is 0.385. The van der Waals surface area contributed by atoms with Crippen LogP contribution < -0.4 is 5.73 Å². The number of nitrogens with two attached hydrogens (primary N) is 1. The molecule has 0 unspecified atom stereocenters. The molecule has 0 aliphatic rings. The number of anilines is 1. The van der Waals surface area contributed by atoms with Gasteiger partial charge in [0.1, 0.15) is 0 Å². The Hall–Kier alpha value is -1.84. The van der Waals surface area contributed by atoms with E-state index >= 15 is 0 Å². The molecule has 4 heteroatoms. The van der Waals surface area contributed by atoms with Crippen LogP contribution in [-0.4, -0.2) is 10.2 Å². The van der Waals surface area contributed by atoms with E-state index in [4.69, 9.17) is 10.2 Å². The molecular formula is C13H17N3O. The summed E-state index contributed by atoms with van der Waals surface area (Å²) in [6, 6.07) is 5.64. The fourth-order valence-corrected chi connectivity index (χ4v) is 1.56. The van der Waals surface area contributed by atoms with Crippen molar-refractivity contribution in [2.45, 2.75) is 33.1 Å². The Morgan fingerprint density at radius 3 is 2.41 bits per heavy atom. The van der Waals surface area contributed by atoms with Crippen LogP contribution in [-0.2, 0) is 5.41 Å². The molecule has 2 N–H and O–H groups in total. The first kappa shape index (κ1) is 11.6. The zero-order chi connectivity index (χ0) is 12.6. The summed E-state index contributed by atoms with van der Waals surface area (Å²) in [5.41, 5.74) is 8.29. The normalized spacial score (nSPS) is 11.8. The molecule has 2 rings (SSSR count). The lowest BCUT2D eigenvalue weighted by atomic mass is 9.97. The van der Waals surface area contributed by atoms with Crippen LogP contribution in [0.2, 0.25) is 0 Å². The first-order valence-electron chi connectivity index (χ1n) is 5.58. The van der Waals surface area contributed by atoms with E-state index in [1.165, 1.54) is 0 Å². The molecule has 0 aliphatic heterocycles. The summed E-state index contributed by atoms with van der Waals surface area (Å²) >= 11 is 0. The lowest BCUT2D eigenvalue weighted by molar-refractivity contribution is 0.399. The van der Waals surface area contributed by atoms with E-state index in [0.29, 0.717) is 11.8 Å². The molecule has 0 atom stereocenters. The van der Waals surface area contributed by atoms with E-state index in [0.717, 1.165) is 16.8 Å². The van der Waals surface area contributed by atoms with Crippen molar-refractivity contribution in [3.05, 3.63) is 29.7 Å². The van der Waals surface area contributed by atoms with Crippen LogP contribution in [0.1, 0.15) is 32.2 Å². The van der Waals surface area contributed by atoms with Crippen LogP contribution in [0, 0.1) is 6.92 Å². The number of benzene rings is 1. The Labute approximate surface area is 101 Å². The molecular weight excluding hydrogens is 214 g/mol. The van der Waals surface area contributed by atoms with E-state index in [9.17, 15) is 0 Å². The Morgan fingerprint density at radius 2 is 1.88 bits per heavy atom. The highest BCUT2D eigenvalue weighted by atomic mass is 16.4. The van der Waals surface area contributed by atoms with Crippen LogP contribution in [0.3, 0.4) is 0 Å². The van der Waals surface area contributed by atoms with Crippen molar-refractivity contribution in [2.24, 2.45) is 0 Å². The number of rotatable bonds is 1. The van der Waals surface area contributed by atoms with Gasteiger partial charge in [0.2, 0.25) is 11.8 Å². The van der Waals surface area contributed by atoms with Gasteiger partial charge in [-0.2, -0.15) is 0 Å². The lowest BCUT2D eigenvalue weighted by Gasteiger charge is -2.11. The monoisotopic (exact) mass is 231 g/mol. The van der Waals surface area contributed by atoms with Crippen LogP contribution >= 0.6 is 0 Å². The molecule has 0 spiro atoms. The number of aromatic nitrogens is 2. The third-order valence-electron chi connectivity index (χ3n) is 2.55. The van der Waals surface area contributed by atoms with Crippen molar-refractivity contribution >= 4 is 5.69 Å². The van der Waals surface area contributed by atoms with E-state index in [1.54, 1.807) is 0 Å². The number of hydrogen-bond donors (Lipinski definition) is 1. The molecule has 0 amide bonds. The molecule has 0 radical (unpaired) electrons. The summed E-state index contributed by atoms with van der Waals surface area (Å²) in [5, 5.41) is 8.17. The molecule has 0 saturated carbocycles. The van der Waals surface area contributed by atoms with Gasteiger partial charge in [-0.05, 0) is 30.7 Å². The van der Waals surface area contributed by atoms with Gasteiger partial charge in [0.15, 0.2) is 0 Å². The molecule has 90 valence electrons. The van der Waals surface area contributed by atoms with Gasteiger partial charge in [-0.25, -0.2) is 0 Å². The average Bonchev–Trinajstić information content (AvgIpc) is 2.65. The van der Waals surface area contributed by atoms with E-state index in [1.807, 2.05) is 45.9 Å². The third-order valence-corrected chi connectivity index (χ3v) is 2.55. The molecule has 2 aromatic rings. The smallest absolute Gasteiger partial charge is 0.248 e. The molecule has 1 heterocycles. The molecule has 4 nitrogen and oxygen atoms in total. The summed E-state index contributed by atoms with van der Waals surface area (Å²) in [6.07, 6.45) is 0. The zero-order valence-electron chi connectivity index (χ0n) is 10.6. The van der Waals surface area contributed by atoms with Gasteiger partial charge in [0.05, 0.1) is 0 Å². The maximum atomic E-state index is 5.71. The summed E-state index contributed by atoms with van der Waals surface area (Å²) < 4.78 is 5.69. The van der Waals surface area contributed by atoms with Crippen LogP contribution in [0.15, 0.2) is 22.6 Å². The highest BCUT2D eigenvalue weighted by Crippen LogP contribution is 2.27. The Kier molecular flexibility index (Phi) is 2.65. The molecule has 0 bridgehead atoms. The standard InChI is InChI=1S/C13H17N3O/c1-8-7-9(14)5-6-10(8)11-15-16-12(17-11)13(2,3)4/h5-7H,14H2,1-4H3. The van der Waals surface area contributed by atoms with Gasteiger partial charge in [-0.3, -0.25) is 0 Å². The Morgan fingerprint density at radius 1 is 1.18 bits per heavy atom. The summed E-state index contributed by atoms with van der Waals surface area (Å²) in [6.45, 7) is 8.10. The van der Waals surface area contributed by atoms with Gasteiger partial charge < -0.3 is 10.2 Å². The van der Waals surface area contributed by atoms with Crippen molar-refractivity contribution in [3.63, 3.8) is 0 Å². The maximum absolute atomic E-state index is 5.71. The van der Waals surface area contributed by atoms with Crippen molar-refractivity contribution < 1.29 is 4.42 Å². The first-order valence-corrected chi connectivity index (χ1v) is 5.58. The highest BCUT2D eigenvalue weighted by molar-refractivity contribution is 5.62. The molecule has 0 aliphatic carbocycles. The minimum Gasteiger partial charge on any atom is -0.420 e. The Balaban J connectivity index is 2.44. The quantitative estimate of drug-likeness (QED) is 0.766. The van der Waals surface area contributed by atoms with Crippen LogP contribution in [0.4, 0.5) is 5.69 Å². The summed E-state index contributed by atoms with van der Waals surface area (Å²) in [7, 11) is 0. The molecule has 17 heavy (non-hydrogen) atoms. The number of nitrogens with zero attached hydrogens (tertiary/aromatic N) is 2. The van der Waals surface area contributed by atoms with E-state index in [2.05, 4.69) is 10.2 Å². The average molecular weight is 231 g/mol. The first-order chi connectivity index (χ1) is 7.88. The van der Waals surface area contributed by atoms with Crippen molar-refractivity contribution in [2.75, 3.05) is 5.73 Å². The maximum Gasteiger partial charge on any atom is 0.248 e. The van der Waals surface area contributed by atoms with E-state index < -0.39 is 0 Å². The van der Waals surface area contributed by atoms with Crippen molar-refractivity contribution in [1.82, 2.24) is 10.2 Å². The SMILES string of the molecule is Cc1cc(N)ccc1-c1nnc(C(C)(C)C)o1. The lowest BCUT2D eigenvalue weighted by Crippen LogP contribution is -2.11. The van der Waals surface area contributed by atoms with Crippen LogP contribution in [0.5, 0.6) is 0 Å². The zero-order valence-corrected chi connectivity index (χ0v) is 10.6. The molecule has 1 aromatic carbocycles. The van der Waals surface area contributed by atoms with Crippen molar-refractivity contribution in [1.29, 1.82) is 0 Å². The molecule has 1 aromatic heterocycles. The summed E-state index contributed by atoms with van der Waals surface area (Å²) in [4.78, 5) is 0. The van der Waals surface area contributed by atoms with Gasteiger partial charge in [0.25, 0.3) is 0 Å². The predicted molar refractivity (Wildman–Crippen MR) is 67.6 cm³/mol. The van der Waals surface area contributed by atoms with Gasteiger partial charge in [-0.15, -0.1) is 10.2 Å². The predicted octanol–water partition coefficient (Wildman–Crippen LogP) is 2.92. The number of hydrogen-bond acceptors (Lipinski definition) is 4.